The van der Waals surface area contributed by atoms with E-state index in [-0.39, 0.29) is 5.69 Å². The Balaban J connectivity index is 2.29. The molecule has 2 aromatic rings. The second-order valence-corrected chi connectivity index (χ2v) is 4.17. The highest BCUT2D eigenvalue weighted by Crippen LogP contribution is 2.00. The minimum Gasteiger partial charge on any atom is -0.315 e. The van der Waals surface area contributed by atoms with Crippen molar-refractivity contribution in [1.29, 1.82) is 0 Å². The number of fused-ring (bicyclic) bond motifs is 1. The molecule has 92 valence electrons. The van der Waals surface area contributed by atoms with Gasteiger partial charge in [-0.25, -0.2) is 9.48 Å². The van der Waals surface area contributed by atoms with Gasteiger partial charge in [-0.1, -0.05) is 19.4 Å². The summed E-state index contributed by atoms with van der Waals surface area (Å²) < 4.78 is 3.10. The van der Waals surface area contributed by atoms with E-state index < -0.39 is 0 Å². The molecule has 0 radical (unpaired) electrons. The van der Waals surface area contributed by atoms with Gasteiger partial charge in [0.2, 0.25) is 0 Å². The molecule has 1 N–H and O–H groups in total. The van der Waals surface area contributed by atoms with Gasteiger partial charge in [0.05, 0.1) is 6.54 Å². The van der Waals surface area contributed by atoms with Crippen molar-refractivity contribution >= 4 is 5.65 Å². The topological polar surface area (TPSA) is 51.3 Å². The first-order valence-electron chi connectivity index (χ1n) is 5.97. The molecule has 2 heterocycles. The van der Waals surface area contributed by atoms with E-state index in [1.165, 1.54) is 4.68 Å². The molecule has 0 saturated carbocycles. The molecule has 0 aromatic carbocycles. The molecule has 1 unspecified atom stereocenters. The number of rotatable bonds is 5. The van der Waals surface area contributed by atoms with Gasteiger partial charge in [0.15, 0.2) is 5.65 Å². The lowest BCUT2D eigenvalue weighted by Crippen LogP contribution is -2.34. The summed E-state index contributed by atoms with van der Waals surface area (Å²) in [6, 6.07) is 5.85. The summed E-state index contributed by atoms with van der Waals surface area (Å²) in [6.07, 6.45) is 3.87. The highest BCUT2D eigenvalue weighted by molar-refractivity contribution is 5.35. The molecule has 5 nitrogen and oxygen atoms in total. The molecule has 1 atom stereocenters. The first kappa shape index (κ1) is 11.9. The molecule has 0 amide bonds. The summed E-state index contributed by atoms with van der Waals surface area (Å²) in [6.45, 7) is 2.75. The van der Waals surface area contributed by atoms with E-state index in [2.05, 4.69) is 17.3 Å². The van der Waals surface area contributed by atoms with Crippen LogP contribution < -0.4 is 11.0 Å². The SMILES string of the molecule is CCCC(Cn1nc2ccccn2c1=O)NC. The van der Waals surface area contributed by atoms with Crippen LogP contribution >= 0.6 is 0 Å². The Labute approximate surface area is 100 Å². The Morgan fingerprint density at radius 3 is 2.94 bits per heavy atom. The Morgan fingerprint density at radius 2 is 2.29 bits per heavy atom. The van der Waals surface area contributed by atoms with Crippen LogP contribution in [0, 0.1) is 0 Å². The second kappa shape index (κ2) is 5.14. The van der Waals surface area contributed by atoms with E-state index in [0.717, 1.165) is 12.8 Å². The Kier molecular flexibility index (Phi) is 3.58. The summed E-state index contributed by atoms with van der Waals surface area (Å²) in [7, 11) is 1.92. The van der Waals surface area contributed by atoms with Gasteiger partial charge >= 0.3 is 5.69 Å². The van der Waals surface area contributed by atoms with Crippen molar-refractivity contribution < 1.29 is 0 Å². The molecule has 0 saturated heterocycles. The average Bonchev–Trinajstić information content (AvgIpc) is 2.66. The summed E-state index contributed by atoms with van der Waals surface area (Å²) >= 11 is 0. The van der Waals surface area contributed by atoms with Crippen LogP contribution in [0.3, 0.4) is 0 Å². The molecular weight excluding hydrogens is 216 g/mol. The van der Waals surface area contributed by atoms with Crippen LogP contribution in [0.4, 0.5) is 0 Å². The minimum absolute atomic E-state index is 0.0723. The minimum atomic E-state index is -0.0723. The van der Waals surface area contributed by atoms with Crippen LogP contribution in [0.5, 0.6) is 0 Å². The van der Waals surface area contributed by atoms with Gasteiger partial charge in [0.25, 0.3) is 0 Å². The van der Waals surface area contributed by atoms with E-state index in [0.29, 0.717) is 18.2 Å². The van der Waals surface area contributed by atoms with Crippen LogP contribution in [-0.4, -0.2) is 27.3 Å². The smallest absolute Gasteiger partial charge is 0.315 e. The van der Waals surface area contributed by atoms with Crippen LogP contribution in [0.2, 0.25) is 0 Å². The van der Waals surface area contributed by atoms with Gasteiger partial charge < -0.3 is 5.32 Å². The largest absolute Gasteiger partial charge is 0.350 e. The third-order valence-electron chi connectivity index (χ3n) is 2.93. The van der Waals surface area contributed by atoms with Gasteiger partial charge in [0.1, 0.15) is 0 Å². The second-order valence-electron chi connectivity index (χ2n) is 4.17. The standard InChI is InChI=1S/C12H18N4O/c1-3-6-10(13-2)9-16-12(17)15-8-5-4-7-11(15)14-16/h4-5,7-8,10,13H,3,6,9H2,1-2H3. The van der Waals surface area contributed by atoms with Crippen molar-refractivity contribution in [3.8, 4) is 0 Å². The van der Waals surface area contributed by atoms with Crippen molar-refractivity contribution in [2.75, 3.05) is 7.05 Å². The third kappa shape index (κ3) is 2.39. The molecule has 0 aliphatic rings. The molecule has 0 spiro atoms. The fourth-order valence-electron chi connectivity index (χ4n) is 1.97. The zero-order valence-electron chi connectivity index (χ0n) is 10.3. The van der Waals surface area contributed by atoms with Gasteiger partial charge in [-0.2, -0.15) is 0 Å². The number of likely N-dealkylation sites (N-methyl/N-ethyl adjacent to an activating group) is 1. The quantitative estimate of drug-likeness (QED) is 0.835. The Bertz CT molecular complexity index is 543. The summed E-state index contributed by atoms with van der Waals surface area (Å²) in [5.41, 5.74) is 0.626. The summed E-state index contributed by atoms with van der Waals surface area (Å²) in [5.74, 6) is 0. The van der Waals surface area contributed by atoms with Gasteiger partial charge in [-0.05, 0) is 25.6 Å². The lowest BCUT2D eigenvalue weighted by Gasteiger charge is -2.13. The number of hydrogen-bond donors (Lipinski definition) is 1. The number of hydrogen-bond acceptors (Lipinski definition) is 3. The van der Waals surface area contributed by atoms with Crippen molar-refractivity contribution in [3.05, 3.63) is 34.9 Å². The van der Waals surface area contributed by atoms with Crippen molar-refractivity contribution in [2.24, 2.45) is 0 Å². The van der Waals surface area contributed by atoms with Crippen LogP contribution in [0.15, 0.2) is 29.2 Å². The number of aromatic nitrogens is 3. The maximum atomic E-state index is 12.0. The van der Waals surface area contributed by atoms with Crippen molar-refractivity contribution in [2.45, 2.75) is 32.4 Å². The first-order chi connectivity index (χ1) is 8.26. The maximum Gasteiger partial charge on any atom is 0.350 e. The highest BCUT2D eigenvalue weighted by Gasteiger charge is 2.11. The number of nitrogens with zero attached hydrogens (tertiary/aromatic N) is 3. The molecule has 0 aliphatic heterocycles. The number of nitrogens with one attached hydrogen (secondary N) is 1. The van der Waals surface area contributed by atoms with Crippen LogP contribution in [0.1, 0.15) is 19.8 Å². The highest BCUT2D eigenvalue weighted by atomic mass is 16.2. The molecule has 0 fully saturated rings. The molecule has 2 rings (SSSR count). The van der Waals surface area contributed by atoms with Crippen LogP contribution in [0.25, 0.3) is 5.65 Å². The summed E-state index contributed by atoms with van der Waals surface area (Å²) in [5, 5.41) is 7.52. The average molecular weight is 234 g/mol. The maximum absolute atomic E-state index is 12.0. The van der Waals surface area contributed by atoms with E-state index in [4.69, 9.17) is 0 Å². The van der Waals surface area contributed by atoms with Gasteiger partial charge in [0, 0.05) is 12.2 Å². The number of pyridine rings is 1. The lowest BCUT2D eigenvalue weighted by atomic mass is 10.2. The van der Waals surface area contributed by atoms with E-state index in [9.17, 15) is 4.79 Å². The lowest BCUT2D eigenvalue weighted by molar-refractivity contribution is 0.419. The molecular formula is C12H18N4O. The summed E-state index contributed by atoms with van der Waals surface area (Å²) in [4.78, 5) is 12.0. The van der Waals surface area contributed by atoms with E-state index >= 15 is 0 Å². The zero-order valence-corrected chi connectivity index (χ0v) is 10.3. The molecule has 0 bridgehead atoms. The van der Waals surface area contributed by atoms with Crippen molar-refractivity contribution in [1.82, 2.24) is 19.5 Å². The van der Waals surface area contributed by atoms with Gasteiger partial charge in [-0.15, -0.1) is 5.10 Å². The normalized spacial score (nSPS) is 13.1. The predicted molar refractivity (Wildman–Crippen MR) is 67.2 cm³/mol. The Hall–Kier alpha value is -1.62. The van der Waals surface area contributed by atoms with Gasteiger partial charge in [-0.3, -0.25) is 4.40 Å². The Morgan fingerprint density at radius 1 is 1.47 bits per heavy atom. The third-order valence-corrected chi connectivity index (χ3v) is 2.93. The zero-order chi connectivity index (χ0) is 12.3. The monoisotopic (exact) mass is 234 g/mol. The molecule has 2 aromatic heterocycles. The van der Waals surface area contributed by atoms with Crippen LogP contribution in [-0.2, 0) is 6.54 Å². The van der Waals surface area contributed by atoms with E-state index in [1.54, 1.807) is 10.6 Å². The fraction of sp³-hybridized carbons (Fsp3) is 0.500. The fourth-order valence-corrected chi connectivity index (χ4v) is 1.97. The van der Waals surface area contributed by atoms with E-state index in [1.807, 2.05) is 25.2 Å². The van der Waals surface area contributed by atoms with Crippen molar-refractivity contribution in [3.63, 3.8) is 0 Å². The predicted octanol–water partition coefficient (Wildman–Crippen LogP) is 0.884. The first-order valence-corrected chi connectivity index (χ1v) is 5.97. The molecule has 0 aliphatic carbocycles. The molecule has 5 heteroatoms. The molecule has 17 heavy (non-hydrogen) atoms.